The first-order valence-corrected chi connectivity index (χ1v) is 6.85. The van der Waals surface area contributed by atoms with Crippen LogP contribution in [0.4, 0.5) is 4.79 Å². The van der Waals surface area contributed by atoms with E-state index in [1.54, 1.807) is 11.0 Å². The van der Waals surface area contributed by atoms with E-state index in [0.29, 0.717) is 25.4 Å². The Kier molecular flexibility index (Phi) is 6.39. The molecule has 5 nitrogen and oxygen atoms in total. The van der Waals surface area contributed by atoms with Gasteiger partial charge in [0.1, 0.15) is 6.61 Å². The summed E-state index contributed by atoms with van der Waals surface area (Å²) in [6.45, 7) is 9.05. The lowest BCUT2D eigenvalue weighted by Gasteiger charge is -2.31. The van der Waals surface area contributed by atoms with Gasteiger partial charge < -0.3 is 15.0 Å². The molecule has 0 bridgehead atoms. The van der Waals surface area contributed by atoms with Crippen molar-refractivity contribution in [2.75, 3.05) is 19.7 Å². The Morgan fingerprint density at radius 1 is 1.42 bits per heavy atom. The maximum atomic E-state index is 11.7. The van der Waals surface area contributed by atoms with E-state index in [-0.39, 0.29) is 24.6 Å². The molecule has 0 radical (unpaired) electrons. The number of likely N-dealkylation sites (tertiary alicyclic amines) is 1. The highest BCUT2D eigenvalue weighted by molar-refractivity contribution is 5.76. The molecule has 108 valence electrons. The highest BCUT2D eigenvalue weighted by Crippen LogP contribution is 2.12. The third kappa shape index (κ3) is 5.77. The summed E-state index contributed by atoms with van der Waals surface area (Å²) in [5.74, 6) is 0.469. The predicted octanol–water partition coefficient (Wildman–Crippen LogP) is 1.94. The quantitative estimate of drug-likeness (QED) is 0.775. The molecular formula is C14H24N2O3. The second-order valence-corrected chi connectivity index (χ2v) is 5.29. The van der Waals surface area contributed by atoms with E-state index in [2.05, 4.69) is 11.9 Å². The van der Waals surface area contributed by atoms with Gasteiger partial charge in [0, 0.05) is 25.6 Å². The molecule has 0 aromatic heterocycles. The molecule has 1 heterocycles. The van der Waals surface area contributed by atoms with E-state index in [0.717, 1.165) is 12.8 Å². The van der Waals surface area contributed by atoms with Gasteiger partial charge in [-0.05, 0) is 18.8 Å². The topological polar surface area (TPSA) is 58.6 Å². The standard InChI is InChI=1S/C14H24N2O3/c1-4-9-19-14(18)16-7-5-12(6-8-16)15-13(17)10-11(2)3/h4,11-12H,1,5-10H2,2-3H3,(H,15,17). The molecule has 1 aliphatic rings. The van der Waals surface area contributed by atoms with E-state index >= 15 is 0 Å². The fourth-order valence-corrected chi connectivity index (χ4v) is 2.09. The number of hydrogen-bond donors (Lipinski definition) is 1. The molecule has 0 spiro atoms. The van der Waals surface area contributed by atoms with Gasteiger partial charge in [0.15, 0.2) is 0 Å². The predicted molar refractivity (Wildman–Crippen MR) is 73.7 cm³/mol. The van der Waals surface area contributed by atoms with Gasteiger partial charge in [-0.1, -0.05) is 26.5 Å². The number of ether oxygens (including phenoxy) is 1. The van der Waals surface area contributed by atoms with Gasteiger partial charge in [0.2, 0.25) is 5.91 Å². The molecule has 0 aromatic carbocycles. The Morgan fingerprint density at radius 2 is 2.05 bits per heavy atom. The van der Waals surface area contributed by atoms with Crippen LogP contribution in [0, 0.1) is 5.92 Å². The van der Waals surface area contributed by atoms with E-state index < -0.39 is 0 Å². The third-order valence-corrected chi connectivity index (χ3v) is 3.04. The van der Waals surface area contributed by atoms with Crippen molar-refractivity contribution in [2.24, 2.45) is 5.92 Å². The minimum atomic E-state index is -0.299. The van der Waals surface area contributed by atoms with Crippen LogP contribution in [-0.2, 0) is 9.53 Å². The van der Waals surface area contributed by atoms with Gasteiger partial charge in [-0.2, -0.15) is 0 Å². The number of carbonyl (C=O) groups is 2. The minimum absolute atomic E-state index is 0.0997. The van der Waals surface area contributed by atoms with Crippen LogP contribution in [0.3, 0.4) is 0 Å². The van der Waals surface area contributed by atoms with Crippen molar-refractivity contribution in [2.45, 2.75) is 39.2 Å². The maximum absolute atomic E-state index is 11.7. The van der Waals surface area contributed by atoms with Crippen LogP contribution in [0.5, 0.6) is 0 Å². The lowest BCUT2D eigenvalue weighted by atomic mass is 10.0. The smallest absolute Gasteiger partial charge is 0.410 e. The summed E-state index contributed by atoms with van der Waals surface area (Å²) in [6.07, 6.45) is 3.38. The second-order valence-electron chi connectivity index (χ2n) is 5.29. The summed E-state index contributed by atoms with van der Waals surface area (Å²) in [6, 6.07) is 0.176. The first kappa shape index (κ1) is 15.5. The van der Waals surface area contributed by atoms with Crippen LogP contribution in [-0.4, -0.2) is 42.6 Å². The third-order valence-electron chi connectivity index (χ3n) is 3.04. The second kappa shape index (κ2) is 7.81. The summed E-state index contributed by atoms with van der Waals surface area (Å²) in [7, 11) is 0. The Labute approximate surface area is 115 Å². The molecule has 1 N–H and O–H groups in total. The lowest BCUT2D eigenvalue weighted by molar-refractivity contribution is -0.122. The number of hydrogen-bond acceptors (Lipinski definition) is 3. The van der Waals surface area contributed by atoms with Gasteiger partial charge in [-0.15, -0.1) is 0 Å². The maximum Gasteiger partial charge on any atom is 0.410 e. The molecule has 1 fully saturated rings. The van der Waals surface area contributed by atoms with Crippen molar-refractivity contribution in [1.29, 1.82) is 0 Å². The van der Waals surface area contributed by atoms with Crippen LogP contribution in [0.1, 0.15) is 33.1 Å². The Hall–Kier alpha value is -1.52. The summed E-state index contributed by atoms with van der Waals surface area (Å²) in [4.78, 5) is 24.9. The van der Waals surface area contributed by atoms with Crippen molar-refractivity contribution in [3.63, 3.8) is 0 Å². The molecule has 1 rings (SSSR count). The number of rotatable bonds is 5. The average molecular weight is 268 g/mol. The molecule has 19 heavy (non-hydrogen) atoms. The fraction of sp³-hybridized carbons (Fsp3) is 0.714. The van der Waals surface area contributed by atoms with E-state index in [4.69, 9.17) is 4.74 Å². The summed E-state index contributed by atoms with van der Waals surface area (Å²) in [5, 5.41) is 3.02. The fourth-order valence-electron chi connectivity index (χ4n) is 2.09. The first-order valence-electron chi connectivity index (χ1n) is 6.85. The molecule has 5 heteroatoms. The van der Waals surface area contributed by atoms with Crippen molar-refractivity contribution in [3.05, 3.63) is 12.7 Å². The van der Waals surface area contributed by atoms with Gasteiger partial charge in [-0.3, -0.25) is 4.79 Å². The SMILES string of the molecule is C=CCOC(=O)N1CCC(NC(=O)CC(C)C)CC1. The van der Waals surface area contributed by atoms with Crippen molar-refractivity contribution in [3.8, 4) is 0 Å². The number of carbonyl (C=O) groups excluding carboxylic acids is 2. The number of nitrogens with one attached hydrogen (secondary N) is 1. The van der Waals surface area contributed by atoms with Gasteiger partial charge in [0.05, 0.1) is 0 Å². The van der Waals surface area contributed by atoms with E-state index in [9.17, 15) is 9.59 Å². The Bertz CT molecular complexity index is 321. The van der Waals surface area contributed by atoms with Crippen molar-refractivity contribution >= 4 is 12.0 Å². The first-order chi connectivity index (χ1) is 9.02. The minimum Gasteiger partial charge on any atom is -0.445 e. The molecule has 0 saturated carbocycles. The molecule has 0 aliphatic carbocycles. The highest BCUT2D eigenvalue weighted by Gasteiger charge is 2.24. The average Bonchev–Trinajstić information content (AvgIpc) is 2.35. The zero-order chi connectivity index (χ0) is 14.3. The Balaban J connectivity index is 2.26. The zero-order valence-corrected chi connectivity index (χ0v) is 11.9. The number of nitrogens with zero attached hydrogens (tertiary/aromatic N) is 1. The van der Waals surface area contributed by atoms with Crippen LogP contribution in [0.25, 0.3) is 0 Å². The molecule has 1 aliphatic heterocycles. The lowest BCUT2D eigenvalue weighted by Crippen LogP contribution is -2.46. The van der Waals surface area contributed by atoms with E-state index in [1.165, 1.54) is 0 Å². The molecule has 0 atom stereocenters. The van der Waals surface area contributed by atoms with Gasteiger partial charge >= 0.3 is 6.09 Å². The largest absolute Gasteiger partial charge is 0.445 e. The summed E-state index contributed by atoms with van der Waals surface area (Å²) < 4.78 is 4.98. The number of piperidine rings is 1. The van der Waals surface area contributed by atoms with Crippen LogP contribution < -0.4 is 5.32 Å². The van der Waals surface area contributed by atoms with Gasteiger partial charge in [-0.25, -0.2) is 4.79 Å². The van der Waals surface area contributed by atoms with Gasteiger partial charge in [0.25, 0.3) is 0 Å². The van der Waals surface area contributed by atoms with E-state index in [1.807, 2.05) is 13.8 Å². The molecule has 0 aromatic rings. The molecule has 2 amide bonds. The molecule has 0 unspecified atom stereocenters. The van der Waals surface area contributed by atoms with Crippen molar-refractivity contribution in [1.82, 2.24) is 10.2 Å². The van der Waals surface area contributed by atoms with Crippen LogP contribution in [0.15, 0.2) is 12.7 Å². The van der Waals surface area contributed by atoms with Crippen molar-refractivity contribution < 1.29 is 14.3 Å². The van der Waals surface area contributed by atoms with Crippen LogP contribution in [0.2, 0.25) is 0 Å². The normalized spacial score (nSPS) is 16.3. The monoisotopic (exact) mass is 268 g/mol. The number of amides is 2. The molecule has 1 saturated heterocycles. The zero-order valence-electron chi connectivity index (χ0n) is 11.9. The highest BCUT2D eigenvalue weighted by atomic mass is 16.6. The van der Waals surface area contributed by atoms with Crippen LogP contribution >= 0.6 is 0 Å². The summed E-state index contributed by atoms with van der Waals surface area (Å²) >= 11 is 0. The molecular weight excluding hydrogens is 244 g/mol. The Morgan fingerprint density at radius 3 is 2.58 bits per heavy atom. The summed E-state index contributed by atoms with van der Waals surface area (Å²) in [5.41, 5.74) is 0.